The molecule has 2 rings (SSSR count). The summed E-state index contributed by atoms with van der Waals surface area (Å²) in [5, 5.41) is 0. The average molecular weight is 348 g/mol. The zero-order valence-corrected chi connectivity index (χ0v) is 12.3. The second-order valence-electron chi connectivity index (χ2n) is 4.49. The highest BCUT2D eigenvalue weighted by Gasteiger charge is 2.21. The molecule has 1 aliphatic rings. The topological polar surface area (TPSA) is 52.2 Å². The van der Waals surface area contributed by atoms with E-state index < -0.39 is 0 Å². The van der Waals surface area contributed by atoms with Crippen molar-refractivity contribution in [3.8, 4) is 0 Å². The number of nitrogens with one attached hydrogen (secondary N) is 1. The molecule has 0 saturated carbocycles. The molecule has 1 aliphatic heterocycles. The van der Waals surface area contributed by atoms with Gasteiger partial charge in [-0.3, -0.25) is 9.69 Å². The molecule has 0 aliphatic carbocycles. The molecule has 17 heavy (non-hydrogen) atoms. The highest BCUT2D eigenvalue weighted by Crippen LogP contribution is 2.17. The summed E-state index contributed by atoms with van der Waals surface area (Å²) < 4.78 is 0.683. The maximum Gasteiger partial charge on any atom is 0.266 e. The fourth-order valence-electron chi connectivity index (χ4n) is 2.04. The van der Waals surface area contributed by atoms with Crippen molar-refractivity contribution in [2.24, 2.45) is 0 Å². The average Bonchev–Trinajstić information content (AvgIpc) is 2.33. The Labute approximate surface area is 114 Å². The predicted octanol–water partition coefficient (Wildman–Crippen LogP) is 0.905. The first-order chi connectivity index (χ1) is 8.09. The lowest BCUT2D eigenvalue weighted by atomic mass is 10.2. The van der Waals surface area contributed by atoms with Gasteiger partial charge in [0.05, 0.1) is 6.33 Å². The Hall–Kier alpha value is -0.630. The van der Waals surface area contributed by atoms with E-state index in [1.54, 1.807) is 0 Å². The van der Waals surface area contributed by atoms with Gasteiger partial charge in [0.1, 0.15) is 9.39 Å². The van der Waals surface area contributed by atoms with Crippen LogP contribution in [0.15, 0.2) is 11.1 Å². The van der Waals surface area contributed by atoms with Crippen molar-refractivity contribution in [1.82, 2.24) is 14.9 Å². The molecule has 94 valence electrons. The molecule has 1 N–H and O–H groups in total. The molecule has 5 nitrogen and oxygen atoms in total. The van der Waals surface area contributed by atoms with Gasteiger partial charge in [-0.15, -0.1) is 0 Å². The van der Waals surface area contributed by atoms with Crippen LogP contribution >= 0.6 is 22.6 Å². The molecule has 0 radical (unpaired) electrons. The number of rotatable bonds is 2. The Bertz CT molecular complexity index is 437. The van der Waals surface area contributed by atoms with Gasteiger partial charge in [0.25, 0.3) is 5.56 Å². The summed E-state index contributed by atoms with van der Waals surface area (Å²) in [6.45, 7) is 8.36. The molecule has 1 fully saturated rings. The second-order valence-corrected chi connectivity index (χ2v) is 5.56. The second kappa shape index (κ2) is 5.34. The Kier molecular flexibility index (Phi) is 4.03. The first kappa shape index (κ1) is 12.8. The van der Waals surface area contributed by atoms with Crippen LogP contribution in [0.4, 0.5) is 5.82 Å². The summed E-state index contributed by atoms with van der Waals surface area (Å²) in [6.07, 6.45) is 1.48. The third-order valence-corrected chi connectivity index (χ3v) is 4.09. The Morgan fingerprint density at radius 1 is 1.35 bits per heavy atom. The van der Waals surface area contributed by atoms with E-state index in [0.717, 1.165) is 32.0 Å². The summed E-state index contributed by atoms with van der Waals surface area (Å²) in [5.41, 5.74) is -0.0538. The Balaban J connectivity index is 2.11. The minimum atomic E-state index is -0.0538. The smallest absolute Gasteiger partial charge is 0.266 e. The van der Waals surface area contributed by atoms with Crippen molar-refractivity contribution >= 4 is 28.4 Å². The summed E-state index contributed by atoms with van der Waals surface area (Å²) in [7, 11) is 0. The zero-order chi connectivity index (χ0) is 12.4. The largest absolute Gasteiger partial charge is 0.353 e. The summed E-state index contributed by atoms with van der Waals surface area (Å²) >= 11 is 2.06. The molecule has 6 heteroatoms. The van der Waals surface area contributed by atoms with Crippen molar-refractivity contribution in [2.75, 3.05) is 31.1 Å². The maximum absolute atomic E-state index is 11.5. The van der Waals surface area contributed by atoms with E-state index in [1.807, 2.05) is 0 Å². The van der Waals surface area contributed by atoms with Crippen LogP contribution in [-0.4, -0.2) is 47.1 Å². The number of anilines is 1. The lowest BCUT2D eigenvalue weighted by Gasteiger charge is -2.37. The van der Waals surface area contributed by atoms with Gasteiger partial charge in [0.15, 0.2) is 0 Å². The number of hydrogen-bond acceptors (Lipinski definition) is 4. The normalized spacial score (nSPS) is 17.8. The van der Waals surface area contributed by atoms with Gasteiger partial charge in [-0.05, 0) is 36.4 Å². The number of aromatic nitrogens is 2. The monoisotopic (exact) mass is 348 g/mol. The highest BCUT2D eigenvalue weighted by atomic mass is 127. The quantitative estimate of drug-likeness (QED) is 0.808. The van der Waals surface area contributed by atoms with Crippen molar-refractivity contribution in [2.45, 2.75) is 19.9 Å². The lowest BCUT2D eigenvalue weighted by Crippen LogP contribution is -2.49. The van der Waals surface area contributed by atoms with Crippen LogP contribution in [0.3, 0.4) is 0 Å². The van der Waals surface area contributed by atoms with Crippen molar-refractivity contribution < 1.29 is 0 Å². The van der Waals surface area contributed by atoms with E-state index >= 15 is 0 Å². The Morgan fingerprint density at radius 2 is 2.00 bits per heavy atom. The fraction of sp³-hybridized carbons (Fsp3) is 0.636. The third-order valence-electron chi connectivity index (χ3n) is 3.12. The zero-order valence-electron chi connectivity index (χ0n) is 10.1. The van der Waals surface area contributed by atoms with Crippen LogP contribution in [0.2, 0.25) is 0 Å². The van der Waals surface area contributed by atoms with Crippen LogP contribution in [0, 0.1) is 3.57 Å². The van der Waals surface area contributed by atoms with Crippen LogP contribution in [0.1, 0.15) is 13.8 Å². The Morgan fingerprint density at radius 3 is 2.59 bits per heavy atom. The lowest BCUT2D eigenvalue weighted by molar-refractivity contribution is 0.209. The van der Waals surface area contributed by atoms with E-state index in [1.165, 1.54) is 6.33 Å². The molecule has 0 bridgehead atoms. The molecule has 0 atom stereocenters. The molecule has 1 aromatic rings. The molecule has 1 saturated heterocycles. The first-order valence-corrected chi connectivity index (χ1v) is 6.89. The number of halogens is 1. The van der Waals surface area contributed by atoms with E-state index in [9.17, 15) is 4.79 Å². The van der Waals surface area contributed by atoms with Gasteiger partial charge in [0, 0.05) is 32.2 Å². The minimum absolute atomic E-state index is 0.0538. The number of hydrogen-bond donors (Lipinski definition) is 1. The standard InChI is InChI=1S/C11H17IN4O/c1-8(2)15-3-5-16(6-4-15)10-9(12)11(17)14-7-13-10/h7-8H,3-6H2,1-2H3,(H,13,14,17). The van der Waals surface area contributed by atoms with E-state index in [-0.39, 0.29) is 5.56 Å². The van der Waals surface area contributed by atoms with Crippen LogP contribution in [-0.2, 0) is 0 Å². The van der Waals surface area contributed by atoms with E-state index in [0.29, 0.717) is 9.61 Å². The number of nitrogens with zero attached hydrogens (tertiary/aromatic N) is 3. The molecular weight excluding hydrogens is 331 g/mol. The van der Waals surface area contributed by atoms with Crippen LogP contribution in [0.25, 0.3) is 0 Å². The van der Waals surface area contributed by atoms with Crippen LogP contribution < -0.4 is 10.5 Å². The molecule has 0 unspecified atom stereocenters. The molecular formula is C11H17IN4O. The van der Waals surface area contributed by atoms with Gasteiger partial charge in [-0.1, -0.05) is 0 Å². The highest BCUT2D eigenvalue weighted by molar-refractivity contribution is 14.1. The molecule has 1 aromatic heterocycles. The van der Waals surface area contributed by atoms with Gasteiger partial charge in [-0.2, -0.15) is 0 Å². The van der Waals surface area contributed by atoms with Gasteiger partial charge in [-0.25, -0.2) is 4.98 Å². The molecule has 0 spiro atoms. The summed E-state index contributed by atoms with van der Waals surface area (Å²) in [4.78, 5) is 23.0. The van der Waals surface area contributed by atoms with Gasteiger partial charge < -0.3 is 9.88 Å². The molecule has 2 heterocycles. The third kappa shape index (κ3) is 2.79. The first-order valence-electron chi connectivity index (χ1n) is 5.82. The minimum Gasteiger partial charge on any atom is -0.353 e. The maximum atomic E-state index is 11.5. The number of aromatic amines is 1. The van der Waals surface area contributed by atoms with Crippen molar-refractivity contribution in [3.63, 3.8) is 0 Å². The molecule has 0 aromatic carbocycles. The van der Waals surface area contributed by atoms with E-state index in [2.05, 4.69) is 56.2 Å². The SMILES string of the molecule is CC(C)N1CCN(c2nc[nH]c(=O)c2I)CC1. The molecule has 0 amide bonds. The number of piperazine rings is 1. The van der Waals surface area contributed by atoms with Crippen molar-refractivity contribution in [3.05, 3.63) is 20.3 Å². The van der Waals surface area contributed by atoms with E-state index in [4.69, 9.17) is 0 Å². The summed E-state index contributed by atoms with van der Waals surface area (Å²) in [6, 6.07) is 0.586. The summed E-state index contributed by atoms with van der Waals surface area (Å²) in [5.74, 6) is 0.817. The number of H-pyrrole nitrogens is 1. The van der Waals surface area contributed by atoms with Gasteiger partial charge >= 0.3 is 0 Å². The van der Waals surface area contributed by atoms with Crippen molar-refractivity contribution in [1.29, 1.82) is 0 Å². The van der Waals surface area contributed by atoms with Gasteiger partial charge in [0.2, 0.25) is 0 Å². The fourth-order valence-corrected chi connectivity index (χ4v) is 2.68. The van der Waals surface area contributed by atoms with Crippen LogP contribution in [0.5, 0.6) is 0 Å². The predicted molar refractivity (Wildman–Crippen MR) is 76.5 cm³/mol.